The average molecular weight is 456 g/mol. The minimum Gasteiger partial charge on any atom is -0.340 e. The van der Waals surface area contributed by atoms with Crippen LogP contribution in [0.25, 0.3) is 0 Å². The molecule has 134 valence electrons. The van der Waals surface area contributed by atoms with Gasteiger partial charge in [-0.15, -0.1) is 0 Å². The van der Waals surface area contributed by atoms with Gasteiger partial charge in [-0.3, -0.25) is 14.4 Å². The Hall–Kier alpha value is -1.48. The number of aryl methyl sites for hydroxylation is 1. The maximum atomic E-state index is 13.3. The lowest BCUT2D eigenvalue weighted by molar-refractivity contribution is -0.133. The smallest absolute Gasteiger partial charge is 0.224 e. The third kappa shape index (κ3) is 4.78. The van der Waals surface area contributed by atoms with Gasteiger partial charge < -0.3 is 4.90 Å². The second-order valence-electron chi connectivity index (χ2n) is 6.34. The van der Waals surface area contributed by atoms with Crippen LogP contribution in [0.3, 0.4) is 0 Å². The molecule has 2 heterocycles. The van der Waals surface area contributed by atoms with Gasteiger partial charge in [0.15, 0.2) is 0 Å². The van der Waals surface area contributed by atoms with Gasteiger partial charge in [0.25, 0.3) is 0 Å². The molecule has 1 aliphatic rings. The monoisotopic (exact) mass is 456 g/mol. The van der Waals surface area contributed by atoms with Gasteiger partial charge in [-0.2, -0.15) is 5.10 Å². The van der Waals surface area contributed by atoms with Gasteiger partial charge in [0, 0.05) is 51.4 Å². The van der Waals surface area contributed by atoms with Crippen molar-refractivity contribution < 1.29 is 9.18 Å². The van der Waals surface area contributed by atoms with Gasteiger partial charge in [0.05, 0.1) is 9.77 Å². The molecule has 0 aliphatic carbocycles. The molecule has 0 N–H and O–H groups in total. The number of benzene rings is 1. The highest BCUT2D eigenvalue weighted by molar-refractivity contribution is 14.1. The van der Waals surface area contributed by atoms with E-state index >= 15 is 0 Å². The SMILES string of the molecule is Cc1c(I)cnn1CCC(=O)N1CCN(Cc2cccc(F)c2)CC1. The van der Waals surface area contributed by atoms with Crippen molar-refractivity contribution in [1.82, 2.24) is 19.6 Å². The summed E-state index contributed by atoms with van der Waals surface area (Å²) in [6.07, 6.45) is 2.30. The summed E-state index contributed by atoms with van der Waals surface area (Å²) in [5.41, 5.74) is 2.08. The lowest BCUT2D eigenvalue weighted by Gasteiger charge is -2.34. The zero-order valence-electron chi connectivity index (χ0n) is 14.3. The number of aromatic nitrogens is 2. The van der Waals surface area contributed by atoms with E-state index in [1.54, 1.807) is 12.1 Å². The van der Waals surface area contributed by atoms with Crippen molar-refractivity contribution in [2.75, 3.05) is 26.2 Å². The van der Waals surface area contributed by atoms with Crippen molar-refractivity contribution in [3.8, 4) is 0 Å². The minimum absolute atomic E-state index is 0.176. The summed E-state index contributed by atoms with van der Waals surface area (Å²) in [5.74, 6) is -0.0230. The number of rotatable bonds is 5. The number of hydrogen-bond acceptors (Lipinski definition) is 3. The summed E-state index contributed by atoms with van der Waals surface area (Å²) in [6, 6.07) is 6.71. The van der Waals surface area contributed by atoms with E-state index in [0.29, 0.717) is 13.0 Å². The van der Waals surface area contributed by atoms with E-state index in [-0.39, 0.29) is 11.7 Å². The van der Waals surface area contributed by atoms with E-state index in [1.165, 1.54) is 6.07 Å². The van der Waals surface area contributed by atoms with Gasteiger partial charge >= 0.3 is 0 Å². The van der Waals surface area contributed by atoms with Gasteiger partial charge in [0.2, 0.25) is 5.91 Å². The van der Waals surface area contributed by atoms with Crippen LogP contribution < -0.4 is 0 Å². The largest absolute Gasteiger partial charge is 0.340 e. The number of carbonyl (C=O) groups excluding carboxylic acids is 1. The predicted molar refractivity (Wildman–Crippen MR) is 103 cm³/mol. The van der Waals surface area contributed by atoms with E-state index in [4.69, 9.17) is 0 Å². The van der Waals surface area contributed by atoms with Gasteiger partial charge in [0.1, 0.15) is 5.82 Å². The Morgan fingerprint density at radius 1 is 1.28 bits per heavy atom. The van der Waals surface area contributed by atoms with Crippen LogP contribution >= 0.6 is 22.6 Å². The summed E-state index contributed by atoms with van der Waals surface area (Å²) >= 11 is 2.25. The second-order valence-corrected chi connectivity index (χ2v) is 7.50. The number of carbonyl (C=O) groups is 1. The Labute approximate surface area is 160 Å². The van der Waals surface area contributed by atoms with E-state index in [1.807, 2.05) is 28.8 Å². The van der Waals surface area contributed by atoms with Crippen molar-refractivity contribution in [3.05, 3.63) is 51.1 Å². The van der Waals surface area contributed by atoms with Crippen molar-refractivity contribution in [3.63, 3.8) is 0 Å². The number of piperazine rings is 1. The first-order chi connectivity index (χ1) is 12.0. The quantitative estimate of drug-likeness (QED) is 0.650. The molecule has 1 aromatic carbocycles. The van der Waals surface area contributed by atoms with E-state index < -0.39 is 0 Å². The molecule has 1 aliphatic heterocycles. The van der Waals surface area contributed by atoms with Crippen molar-refractivity contribution in [2.24, 2.45) is 0 Å². The molecule has 1 fully saturated rings. The molecular formula is C18H22FIN4O. The Morgan fingerprint density at radius 2 is 2.04 bits per heavy atom. The van der Waals surface area contributed by atoms with Crippen LogP contribution in [0.5, 0.6) is 0 Å². The summed E-state index contributed by atoms with van der Waals surface area (Å²) in [4.78, 5) is 16.6. The van der Waals surface area contributed by atoms with E-state index in [9.17, 15) is 9.18 Å². The fourth-order valence-electron chi connectivity index (χ4n) is 3.06. The lowest BCUT2D eigenvalue weighted by atomic mass is 10.2. The topological polar surface area (TPSA) is 41.4 Å². The van der Waals surface area contributed by atoms with Crippen LogP contribution in [0.15, 0.2) is 30.5 Å². The zero-order chi connectivity index (χ0) is 17.8. The fourth-order valence-corrected chi connectivity index (χ4v) is 3.46. The zero-order valence-corrected chi connectivity index (χ0v) is 16.4. The maximum absolute atomic E-state index is 13.3. The molecule has 5 nitrogen and oxygen atoms in total. The molecule has 0 spiro atoms. The number of nitrogens with zero attached hydrogens (tertiary/aromatic N) is 4. The van der Waals surface area contributed by atoms with Crippen LogP contribution in [0.4, 0.5) is 4.39 Å². The van der Waals surface area contributed by atoms with Crippen LogP contribution in [0, 0.1) is 16.3 Å². The van der Waals surface area contributed by atoms with Gasteiger partial charge in [-0.1, -0.05) is 12.1 Å². The number of hydrogen-bond donors (Lipinski definition) is 0. The Kier molecular flexibility index (Phi) is 6.06. The molecule has 7 heteroatoms. The van der Waals surface area contributed by atoms with Crippen LogP contribution in [0.1, 0.15) is 17.7 Å². The molecule has 0 bridgehead atoms. The highest BCUT2D eigenvalue weighted by Gasteiger charge is 2.21. The first kappa shape index (κ1) is 18.3. The normalized spacial score (nSPS) is 15.6. The molecule has 1 aromatic heterocycles. The van der Waals surface area contributed by atoms with Crippen molar-refractivity contribution in [2.45, 2.75) is 26.4 Å². The molecule has 3 rings (SSSR count). The van der Waals surface area contributed by atoms with E-state index in [0.717, 1.165) is 47.6 Å². The highest BCUT2D eigenvalue weighted by Crippen LogP contribution is 2.13. The summed E-state index contributed by atoms with van der Waals surface area (Å²) in [5, 5.41) is 4.30. The van der Waals surface area contributed by atoms with Crippen molar-refractivity contribution >= 4 is 28.5 Å². The molecule has 0 radical (unpaired) electrons. The Morgan fingerprint density at radius 3 is 2.68 bits per heavy atom. The first-order valence-electron chi connectivity index (χ1n) is 8.45. The predicted octanol–water partition coefficient (Wildman–Crippen LogP) is 2.67. The molecule has 0 atom stereocenters. The maximum Gasteiger partial charge on any atom is 0.224 e. The third-order valence-electron chi connectivity index (χ3n) is 4.60. The fraction of sp³-hybridized carbons (Fsp3) is 0.444. The third-order valence-corrected chi connectivity index (χ3v) is 5.66. The Bertz CT molecular complexity index is 740. The van der Waals surface area contributed by atoms with Crippen LogP contribution in [-0.4, -0.2) is 51.7 Å². The summed E-state index contributed by atoms with van der Waals surface area (Å²) in [7, 11) is 0. The molecule has 1 saturated heterocycles. The van der Waals surface area contributed by atoms with Gasteiger partial charge in [-0.25, -0.2) is 4.39 Å². The summed E-state index contributed by atoms with van der Waals surface area (Å²) < 4.78 is 16.3. The number of amides is 1. The molecular weight excluding hydrogens is 434 g/mol. The summed E-state index contributed by atoms with van der Waals surface area (Å²) in [6.45, 7) is 6.46. The Balaban J connectivity index is 1.45. The molecule has 0 unspecified atom stereocenters. The lowest BCUT2D eigenvalue weighted by Crippen LogP contribution is -2.48. The molecule has 1 amide bonds. The van der Waals surface area contributed by atoms with E-state index in [2.05, 4.69) is 32.6 Å². The average Bonchev–Trinajstić information content (AvgIpc) is 2.92. The second kappa shape index (κ2) is 8.27. The molecule has 0 saturated carbocycles. The standard InChI is InChI=1S/C18H22FIN4O/c1-14-17(20)12-21-24(14)6-5-18(25)23-9-7-22(8-10-23)13-15-3-2-4-16(19)11-15/h2-4,11-12H,5-10,13H2,1H3. The molecule has 2 aromatic rings. The van der Waals surface area contributed by atoms with Gasteiger partial charge in [-0.05, 0) is 47.2 Å². The van der Waals surface area contributed by atoms with Crippen LogP contribution in [0.2, 0.25) is 0 Å². The molecule has 25 heavy (non-hydrogen) atoms. The minimum atomic E-state index is -0.199. The van der Waals surface area contributed by atoms with Crippen molar-refractivity contribution in [1.29, 1.82) is 0 Å². The number of halogens is 2. The highest BCUT2D eigenvalue weighted by atomic mass is 127. The first-order valence-corrected chi connectivity index (χ1v) is 9.53. The van der Waals surface area contributed by atoms with Crippen LogP contribution in [-0.2, 0) is 17.9 Å².